The fourth-order valence-electron chi connectivity index (χ4n) is 1.17. The van der Waals surface area contributed by atoms with Crippen molar-refractivity contribution in [3.05, 3.63) is 0 Å². The van der Waals surface area contributed by atoms with Crippen molar-refractivity contribution in [2.75, 3.05) is 0 Å². The summed E-state index contributed by atoms with van der Waals surface area (Å²) in [5.41, 5.74) is 0. The summed E-state index contributed by atoms with van der Waals surface area (Å²) in [4.78, 5) is 10.6. The van der Waals surface area contributed by atoms with Gasteiger partial charge in [0.2, 0.25) is 0 Å². The Morgan fingerprint density at radius 3 is 2.82 bits per heavy atom. The molecule has 1 rings (SSSR count). The van der Waals surface area contributed by atoms with Gasteiger partial charge in [0, 0.05) is 15.5 Å². The number of hydrogen-bond acceptors (Lipinski definition) is 2. The van der Waals surface area contributed by atoms with Crippen LogP contribution in [-0.2, 0) is 4.79 Å². The Kier molecular flexibility index (Phi) is 2.64. The maximum absolute atomic E-state index is 10.6. The molecule has 1 N–H and O–H groups in total. The second-order valence-electron chi connectivity index (χ2n) is 3.16. The van der Waals surface area contributed by atoms with E-state index in [2.05, 4.69) is 0 Å². The van der Waals surface area contributed by atoms with E-state index in [1.165, 1.54) is 22.7 Å². The molecule has 4 heteroatoms. The molecule has 64 valence electrons. The van der Waals surface area contributed by atoms with Gasteiger partial charge >= 0.3 is 5.97 Å². The molecule has 0 bridgehead atoms. The predicted molar refractivity (Wildman–Crippen MR) is 51.4 cm³/mol. The number of carboxylic acids is 1. The fraction of sp³-hybridized carbons (Fsp3) is 0.857. The summed E-state index contributed by atoms with van der Waals surface area (Å²) in [7, 11) is 1.25. The highest BCUT2D eigenvalue weighted by Crippen LogP contribution is 2.55. The smallest absolute Gasteiger partial charge is 0.320 e. The molecule has 0 saturated carbocycles. The average molecular weight is 190 g/mol. The van der Waals surface area contributed by atoms with Gasteiger partial charge in [-0.1, -0.05) is 12.5 Å². The summed E-state index contributed by atoms with van der Waals surface area (Å²) >= 11 is 1.60. The molecule has 0 spiro atoms. The first-order valence-corrected chi connectivity index (χ1v) is 6.32. The second kappa shape index (κ2) is 3.19. The van der Waals surface area contributed by atoms with E-state index in [-0.39, 0.29) is 0 Å². The third kappa shape index (κ3) is 1.79. The molecule has 0 aromatic heterocycles. The predicted octanol–water partition coefficient (Wildman–Crippen LogP) is 0.509. The molecule has 0 amide bonds. The molecule has 11 heavy (non-hydrogen) atoms. The van der Waals surface area contributed by atoms with Crippen LogP contribution in [0.2, 0.25) is 6.04 Å². The summed E-state index contributed by atoms with van der Waals surface area (Å²) in [5.74, 6) is -0.638. The molecule has 0 aliphatic carbocycles. The van der Waals surface area contributed by atoms with Crippen LogP contribution in [0.3, 0.4) is 0 Å². The van der Waals surface area contributed by atoms with Crippen LogP contribution in [0, 0.1) is 0 Å². The third-order valence-corrected chi connectivity index (χ3v) is 4.58. The summed E-state index contributed by atoms with van der Waals surface area (Å²) in [5, 5.41) is 9.17. The van der Waals surface area contributed by atoms with Gasteiger partial charge in [0.25, 0.3) is 0 Å². The first-order chi connectivity index (χ1) is 5.11. The first kappa shape index (κ1) is 9.13. The van der Waals surface area contributed by atoms with E-state index in [4.69, 9.17) is 5.11 Å². The van der Waals surface area contributed by atoms with Crippen molar-refractivity contribution in [2.45, 2.75) is 35.8 Å². The Morgan fingerprint density at radius 2 is 2.45 bits per heavy atom. The van der Waals surface area contributed by atoms with E-state index >= 15 is 0 Å². The van der Waals surface area contributed by atoms with E-state index < -0.39 is 10.7 Å². The molecule has 2 nitrogen and oxygen atoms in total. The number of rotatable bonds is 4. The van der Waals surface area contributed by atoms with Crippen LogP contribution < -0.4 is 0 Å². The minimum atomic E-state index is -0.638. The van der Waals surface area contributed by atoms with Crippen LogP contribution in [-0.4, -0.2) is 31.3 Å². The maximum Gasteiger partial charge on any atom is 0.320 e. The molecule has 0 radical (unpaired) electrons. The Bertz CT molecular complexity index is 174. The highest BCUT2D eigenvalue weighted by atomic mass is 32.2. The normalized spacial score (nSPS) is 35.5. The molecule has 1 heterocycles. The van der Waals surface area contributed by atoms with Crippen LogP contribution >= 0.6 is 11.8 Å². The zero-order chi connectivity index (χ0) is 8.48. The van der Waals surface area contributed by atoms with Crippen molar-refractivity contribution in [2.24, 2.45) is 0 Å². The van der Waals surface area contributed by atoms with Gasteiger partial charge in [-0.05, 0) is 13.3 Å². The van der Waals surface area contributed by atoms with Crippen molar-refractivity contribution in [1.82, 2.24) is 0 Å². The molecular formula is C7H14O2SSi. The van der Waals surface area contributed by atoms with Gasteiger partial charge in [0.1, 0.15) is 4.75 Å². The number of aliphatic carboxylic acids is 1. The zero-order valence-electron chi connectivity index (χ0n) is 6.96. The largest absolute Gasteiger partial charge is 0.480 e. The summed E-state index contributed by atoms with van der Waals surface area (Å²) < 4.78 is -0.434. The molecule has 2 unspecified atom stereocenters. The van der Waals surface area contributed by atoms with E-state index in [9.17, 15) is 4.79 Å². The quantitative estimate of drug-likeness (QED) is 0.518. The third-order valence-electron chi connectivity index (χ3n) is 2.19. The highest BCUT2D eigenvalue weighted by Gasteiger charge is 2.57. The van der Waals surface area contributed by atoms with Gasteiger partial charge < -0.3 is 5.11 Å². The minimum Gasteiger partial charge on any atom is -0.480 e. The topological polar surface area (TPSA) is 37.3 Å². The van der Waals surface area contributed by atoms with Crippen LogP contribution in [0.25, 0.3) is 0 Å². The Labute approximate surface area is 74.2 Å². The van der Waals surface area contributed by atoms with E-state index in [0.717, 1.165) is 6.42 Å². The van der Waals surface area contributed by atoms with Gasteiger partial charge in [-0.3, -0.25) is 4.79 Å². The van der Waals surface area contributed by atoms with E-state index in [0.29, 0.717) is 5.25 Å². The highest BCUT2D eigenvalue weighted by molar-refractivity contribution is 8.09. The summed E-state index contributed by atoms with van der Waals surface area (Å²) in [6.07, 6.45) is 2.31. The standard InChI is InChI=1S/C7H14O2SSi/c1-7(6(8)9)5(10-7)3-2-4-11/h5H,2-4H2,1,11H3,(H,8,9). The lowest BCUT2D eigenvalue weighted by Crippen LogP contribution is -2.21. The van der Waals surface area contributed by atoms with Crippen molar-refractivity contribution in [3.63, 3.8) is 0 Å². The molecular weight excluding hydrogens is 176 g/mol. The number of carboxylic acid groups (broad SMARTS) is 1. The lowest BCUT2D eigenvalue weighted by atomic mass is 10.1. The molecule has 1 aliphatic rings. The lowest BCUT2D eigenvalue weighted by Gasteiger charge is -2.00. The van der Waals surface area contributed by atoms with Gasteiger partial charge in [0.05, 0.1) is 0 Å². The van der Waals surface area contributed by atoms with Gasteiger partial charge in [-0.15, -0.1) is 11.8 Å². The fourth-order valence-corrected chi connectivity index (χ4v) is 2.71. The van der Waals surface area contributed by atoms with E-state index in [1.54, 1.807) is 11.8 Å². The van der Waals surface area contributed by atoms with Crippen LogP contribution in [0.1, 0.15) is 19.8 Å². The Morgan fingerprint density at radius 1 is 1.82 bits per heavy atom. The van der Waals surface area contributed by atoms with Crippen molar-refractivity contribution >= 4 is 28.0 Å². The monoisotopic (exact) mass is 190 g/mol. The maximum atomic E-state index is 10.6. The molecule has 1 aliphatic heterocycles. The second-order valence-corrected chi connectivity index (χ2v) is 5.81. The Hall–Kier alpha value is 0.0369. The van der Waals surface area contributed by atoms with Crippen LogP contribution in [0.15, 0.2) is 0 Å². The zero-order valence-corrected chi connectivity index (χ0v) is 9.78. The SMILES string of the molecule is CC1(C(=O)O)SC1CCC[SiH3]. The lowest BCUT2D eigenvalue weighted by molar-refractivity contribution is -0.138. The number of carbonyl (C=O) groups is 1. The van der Waals surface area contributed by atoms with Gasteiger partial charge in [-0.25, -0.2) is 0 Å². The van der Waals surface area contributed by atoms with Gasteiger partial charge in [0.15, 0.2) is 0 Å². The van der Waals surface area contributed by atoms with Crippen molar-refractivity contribution < 1.29 is 9.90 Å². The Balaban J connectivity index is 2.29. The molecule has 0 aromatic rings. The summed E-state index contributed by atoms with van der Waals surface area (Å²) in [6, 6.07) is 1.30. The first-order valence-electron chi connectivity index (χ1n) is 4.02. The number of thioether (sulfide) groups is 1. The minimum absolute atomic E-state index is 0.397. The molecule has 1 saturated heterocycles. The number of hydrogen-bond donors (Lipinski definition) is 1. The molecule has 2 atom stereocenters. The molecule has 0 aromatic carbocycles. The van der Waals surface area contributed by atoms with E-state index in [1.807, 2.05) is 6.92 Å². The van der Waals surface area contributed by atoms with Gasteiger partial charge in [-0.2, -0.15) is 0 Å². The van der Waals surface area contributed by atoms with Crippen LogP contribution in [0.5, 0.6) is 0 Å². The van der Waals surface area contributed by atoms with Crippen molar-refractivity contribution in [3.8, 4) is 0 Å². The molecule has 1 fully saturated rings. The van der Waals surface area contributed by atoms with Crippen LogP contribution in [0.4, 0.5) is 0 Å². The van der Waals surface area contributed by atoms with Crippen molar-refractivity contribution in [1.29, 1.82) is 0 Å². The average Bonchev–Trinajstić information content (AvgIpc) is 2.59. The summed E-state index contributed by atoms with van der Waals surface area (Å²) in [6.45, 7) is 1.83.